The molecule has 31 heavy (non-hydrogen) atoms. The van der Waals surface area contributed by atoms with Gasteiger partial charge in [0.25, 0.3) is 5.91 Å². The molecule has 0 spiro atoms. The number of imidazole rings is 1. The highest BCUT2D eigenvalue weighted by Gasteiger charge is 2.21. The standard InChI is InChI=1S/C24H21N3O4/c28-24(25-13-20-16-30-21-5-1-2-6-22(21)31-20)17-8-10-19(11-9-17)29-15-18-14-27-12-4-3-7-23(27)26-18/h1-12,14,20H,13,15-16H2,(H,25,28)/t20-/m1/s1. The summed E-state index contributed by atoms with van der Waals surface area (Å²) in [6.45, 7) is 1.11. The van der Waals surface area contributed by atoms with Crippen molar-refractivity contribution >= 4 is 11.6 Å². The first-order valence-corrected chi connectivity index (χ1v) is 10.1. The van der Waals surface area contributed by atoms with Crippen molar-refractivity contribution in [1.82, 2.24) is 14.7 Å². The Morgan fingerprint density at radius 1 is 1.06 bits per heavy atom. The van der Waals surface area contributed by atoms with Gasteiger partial charge < -0.3 is 23.9 Å². The van der Waals surface area contributed by atoms with E-state index in [0.29, 0.717) is 36.8 Å². The molecule has 0 fully saturated rings. The highest BCUT2D eigenvalue weighted by molar-refractivity contribution is 5.94. The lowest BCUT2D eigenvalue weighted by Crippen LogP contribution is -2.40. The minimum atomic E-state index is -0.230. The molecule has 5 rings (SSSR count). The summed E-state index contributed by atoms with van der Waals surface area (Å²) in [5.41, 5.74) is 2.27. The Hall–Kier alpha value is -4.00. The summed E-state index contributed by atoms with van der Waals surface area (Å²) >= 11 is 0. The Bertz CT molecular complexity index is 1170. The van der Waals surface area contributed by atoms with Gasteiger partial charge in [-0.25, -0.2) is 4.98 Å². The number of rotatable bonds is 6. The molecule has 156 valence electrons. The predicted molar refractivity (Wildman–Crippen MR) is 115 cm³/mol. The van der Waals surface area contributed by atoms with E-state index in [4.69, 9.17) is 14.2 Å². The number of carbonyl (C=O) groups excluding carboxylic acids is 1. The number of nitrogens with zero attached hydrogens (tertiary/aromatic N) is 2. The summed E-state index contributed by atoms with van der Waals surface area (Å²) in [7, 11) is 0. The van der Waals surface area contributed by atoms with Crippen molar-refractivity contribution in [2.75, 3.05) is 13.2 Å². The molecule has 1 N–H and O–H groups in total. The normalized spacial score (nSPS) is 14.9. The molecule has 1 amide bonds. The summed E-state index contributed by atoms with van der Waals surface area (Å²) in [5.74, 6) is 1.92. The molecule has 7 heteroatoms. The molecule has 0 bridgehead atoms. The van der Waals surface area contributed by atoms with E-state index in [0.717, 1.165) is 17.1 Å². The Morgan fingerprint density at radius 2 is 1.87 bits per heavy atom. The third-order valence-corrected chi connectivity index (χ3v) is 4.97. The lowest BCUT2D eigenvalue weighted by atomic mass is 10.2. The van der Waals surface area contributed by atoms with E-state index < -0.39 is 0 Å². The van der Waals surface area contributed by atoms with Crippen LogP contribution in [0.2, 0.25) is 0 Å². The average Bonchev–Trinajstić information content (AvgIpc) is 3.24. The number of hydrogen-bond donors (Lipinski definition) is 1. The van der Waals surface area contributed by atoms with Gasteiger partial charge in [0.1, 0.15) is 30.7 Å². The second kappa shape index (κ2) is 8.39. The molecule has 1 aliphatic heterocycles. The van der Waals surface area contributed by atoms with Gasteiger partial charge in [0.15, 0.2) is 11.5 Å². The topological polar surface area (TPSA) is 74.1 Å². The van der Waals surface area contributed by atoms with Crippen molar-refractivity contribution in [3.8, 4) is 17.2 Å². The van der Waals surface area contributed by atoms with Crippen molar-refractivity contribution in [2.45, 2.75) is 12.7 Å². The number of pyridine rings is 1. The zero-order valence-electron chi connectivity index (χ0n) is 16.7. The van der Waals surface area contributed by atoms with Crippen molar-refractivity contribution < 1.29 is 19.0 Å². The highest BCUT2D eigenvalue weighted by atomic mass is 16.6. The lowest BCUT2D eigenvalue weighted by Gasteiger charge is -2.26. The summed E-state index contributed by atoms with van der Waals surface area (Å²) in [5, 5.41) is 2.89. The zero-order valence-corrected chi connectivity index (χ0v) is 16.7. The molecule has 0 unspecified atom stereocenters. The van der Waals surface area contributed by atoms with Gasteiger partial charge in [0.05, 0.1) is 12.2 Å². The van der Waals surface area contributed by atoms with E-state index in [9.17, 15) is 4.79 Å². The SMILES string of the molecule is O=C(NC[C@@H]1COc2ccccc2O1)c1ccc(OCc2cn3ccccc3n2)cc1. The van der Waals surface area contributed by atoms with Crippen LogP contribution >= 0.6 is 0 Å². The monoisotopic (exact) mass is 415 g/mol. The van der Waals surface area contributed by atoms with Crippen LogP contribution in [0.1, 0.15) is 16.1 Å². The number of benzene rings is 2. The van der Waals surface area contributed by atoms with Crippen molar-refractivity contribution in [1.29, 1.82) is 0 Å². The maximum absolute atomic E-state index is 12.5. The van der Waals surface area contributed by atoms with Crippen LogP contribution in [0.3, 0.4) is 0 Å². The van der Waals surface area contributed by atoms with E-state index in [1.54, 1.807) is 24.3 Å². The Kier molecular flexibility index (Phi) is 5.14. The lowest BCUT2D eigenvalue weighted by molar-refractivity contribution is 0.0789. The summed E-state index contributed by atoms with van der Waals surface area (Å²) < 4.78 is 19.3. The first kappa shape index (κ1) is 19.0. The minimum Gasteiger partial charge on any atom is -0.487 e. The fraction of sp³-hybridized carbons (Fsp3) is 0.167. The van der Waals surface area contributed by atoms with Crippen LogP contribution in [0.4, 0.5) is 0 Å². The van der Waals surface area contributed by atoms with Gasteiger partial charge in [0.2, 0.25) is 0 Å². The van der Waals surface area contributed by atoms with Crippen LogP contribution in [0.15, 0.2) is 79.1 Å². The quantitative estimate of drug-likeness (QED) is 0.522. The molecule has 0 aliphatic carbocycles. The fourth-order valence-corrected chi connectivity index (χ4v) is 3.39. The molecule has 7 nitrogen and oxygen atoms in total. The number of amides is 1. The summed E-state index contributed by atoms with van der Waals surface area (Å²) in [6, 6.07) is 20.4. The van der Waals surface area contributed by atoms with E-state index >= 15 is 0 Å². The third kappa shape index (κ3) is 4.30. The van der Waals surface area contributed by atoms with Crippen LogP contribution in [-0.4, -0.2) is 34.5 Å². The van der Waals surface area contributed by atoms with Crippen molar-refractivity contribution in [3.05, 3.63) is 90.4 Å². The molecule has 0 saturated heterocycles. The zero-order chi connectivity index (χ0) is 21.0. The molecule has 3 heterocycles. The average molecular weight is 415 g/mol. The van der Waals surface area contributed by atoms with Crippen molar-refractivity contribution in [3.63, 3.8) is 0 Å². The van der Waals surface area contributed by atoms with Gasteiger partial charge >= 0.3 is 0 Å². The highest BCUT2D eigenvalue weighted by Crippen LogP contribution is 2.30. The molecule has 0 saturated carbocycles. The molecule has 4 aromatic rings. The van der Waals surface area contributed by atoms with Crippen LogP contribution in [0, 0.1) is 0 Å². The van der Waals surface area contributed by atoms with Gasteiger partial charge in [-0.15, -0.1) is 0 Å². The van der Waals surface area contributed by atoms with Crippen LogP contribution in [-0.2, 0) is 6.61 Å². The van der Waals surface area contributed by atoms with Gasteiger partial charge in [0, 0.05) is 18.0 Å². The van der Waals surface area contributed by atoms with Crippen molar-refractivity contribution in [2.24, 2.45) is 0 Å². The summed E-state index contributed by atoms with van der Waals surface area (Å²) in [4.78, 5) is 17.0. The number of aromatic nitrogens is 2. The maximum Gasteiger partial charge on any atom is 0.251 e. The smallest absolute Gasteiger partial charge is 0.251 e. The first-order valence-electron chi connectivity index (χ1n) is 10.1. The third-order valence-electron chi connectivity index (χ3n) is 4.97. The van der Waals surface area contributed by atoms with E-state index in [1.165, 1.54) is 0 Å². The fourth-order valence-electron chi connectivity index (χ4n) is 3.39. The van der Waals surface area contributed by atoms with Gasteiger partial charge in [-0.2, -0.15) is 0 Å². The Balaban J connectivity index is 1.13. The second-order valence-electron chi connectivity index (χ2n) is 7.22. The Labute approximate surface area is 179 Å². The first-order chi connectivity index (χ1) is 15.2. The molecule has 1 aliphatic rings. The number of hydrogen-bond acceptors (Lipinski definition) is 5. The summed E-state index contributed by atoms with van der Waals surface area (Å²) in [6.07, 6.45) is 3.65. The van der Waals surface area contributed by atoms with Crippen LogP contribution in [0.5, 0.6) is 17.2 Å². The molecule has 2 aromatic carbocycles. The number of para-hydroxylation sites is 2. The van der Waals surface area contributed by atoms with Gasteiger partial charge in [-0.1, -0.05) is 18.2 Å². The number of carbonyl (C=O) groups is 1. The van der Waals surface area contributed by atoms with Crippen LogP contribution in [0.25, 0.3) is 5.65 Å². The largest absolute Gasteiger partial charge is 0.487 e. The predicted octanol–water partition coefficient (Wildman–Crippen LogP) is 3.48. The molecular weight excluding hydrogens is 394 g/mol. The number of nitrogens with one attached hydrogen (secondary N) is 1. The minimum absolute atomic E-state index is 0.172. The van der Waals surface area contributed by atoms with E-state index in [1.807, 2.05) is 59.3 Å². The number of ether oxygens (including phenoxy) is 3. The molecule has 2 aromatic heterocycles. The second-order valence-corrected chi connectivity index (χ2v) is 7.22. The van der Waals surface area contributed by atoms with Gasteiger partial charge in [-0.3, -0.25) is 4.79 Å². The van der Waals surface area contributed by atoms with E-state index in [2.05, 4.69) is 10.3 Å². The van der Waals surface area contributed by atoms with Gasteiger partial charge in [-0.05, 0) is 48.5 Å². The molecule has 0 radical (unpaired) electrons. The Morgan fingerprint density at radius 3 is 2.71 bits per heavy atom. The van der Waals surface area contributed by atoms with Crippen LogP contribution < -0.4 is 19.5 Å². The van der Waals surface area contributed by atoms with E-state index in [-0.39, 0.29) is 12.0 Å². The molecule has 1 atom stereocenters. The maximum atomic E-state index is 12.5. The number of fused-ring (bicyclic) bond motifs is 2. The molecular formula is C24H21N3O4.